The van der Waals surface area contributed by atoms with Crippen molar-refractivity contribution < 1.29 is 27.9 Å². The van der Waals surface area contributed by atoms with Crippen molar-refractivity contribution >= 4 is 23.5 Å². The first kappa shape index (κ1) is 21.2. The minimum Gasteiger partial charge on any atom is -0.475 e. The molecular weight excluding hydrogens is 335 g/mol. The molecule has 1 rings (SSSR count). The number of hydrogen-bond donors (Lipinski definition) is 2. The first-order valence-electron chi connectivity index (χ1n) is 6.98. The molecule has 0 aliphatic carbocycles. The fraction of sp³-hybridized carbons (Fsp3) is 0.467. The summed E-state index contributed by atoms with van der Waals surface area (Å²) in [6, 6.07) is 7.73. The van der Waals surface area contributed by atoms with Crippen LogP contribution in [0, 0.1) is 0 Å². The van der Waals surface area contributed by atoms with E-state index in [9.17, 15) is 18.0 Å². The maximum absolute atomic E-state index is 11.3. The highest BCUT2D eigenvalue weighted by Gasteiger charge is 2.38. The third kappa shape index (κ3) is 11.5. The second-order valence-corrected chi connectivity index (χ2v) is 5.07. The largest absolute Gasteiger partial charge is 0.490 e. The molecule has 4 nitrogen and oxygen atoms in total. The van der Waals surface area contributed by atoms with Gasteiger partial charge in [-0.15, -0.1) is 0 Å². The number of amides is 1. The molecule has 0 heterocycles. The van der Waals surface area contributed by atoms with Gasteiger partial charge in [0.2, 0.25) is 5.91 Å². The summed E-state index contributed by atoms with van der Waals surface area (Å²) in [6.45, 7) is 2.77. The molecule has 0 fully saturated rings. The van der Waals surface area contributed by atoms with Crippen LogP contribution >= 0.6 is 11.6 Å². The second kappa shape index (κ2) is 10.9. The fourth-order valence-corrected chi connectivity index (χ4v) is 1.68. The Hall–Kier alpha value is -1.76. The van der Waals surface area contributed by atoms with Crippen LogP contribution in [-0.4, -0.2) is 29.7 Å². The zero-order valence-corrected chi connectivity index (χ0v) is 13.4. The van der Waals surface area contributed by atoms with Crippen LogP contribution in [0.2, 0.25) is 5.02 Å². The van der Waals surface area contributed by atoms with Gasteiger partial charge in [-0.25, -0.2) is 4.79 Å². The second-order valence-electron chi connectivity index (χ2n) is 4.64. The van der Waals surface area contributed by atoms with Gasteiger partial charge in [0, 0.05) is 18.0 Å². The number of rotatable bonds is 6. The molecule has 0 radical (unpaired) electrons. The third-order valence-corrected chi connectivity index (χ3v) is 2.86. The molecular formula is C15H19ClF3NO3. The average Bonchev–Trinajstić information content (AvgIpc) is 2.45. The number of carbonyl (C=O) groups is 2. The highest BCUT2D eigenvalue weighted by molar-refractivity contribution is 6.30. The predicted octanol–water partition coefficient (Wildman–Crippen LogP) is 3.82. The van der Waals surface area contributed by atoms with Gasteiger partial charge >= 0.3 is 12.1 Å². The van der Waals surface area contributed by atoms with Crippen molar-refractivity contribution in [2.75, 3.05) is 6.54 Å². The van der Waals surface area contributed by atoms with Crippen LogP contribution in [0.15, 0.2) is 24.3 Å². The Labute approximate surface area is 137 Å². The SMILES string of the molecule is CCCCC(=O)NCCc1cccc(Cl)c1.O=C(O)C(F)(F)F. The van der Waals surface area contributed by atoms with Gasteiger partial charge < -0.3 is 10.4 Å². The maximum Gasteiger partial charge on any atom is 0.490 e. The van der Waals surface area contributed by atoms with Crippen LogP contribution in [0.3, 0.4) is 0 Å². The number of alkyl halides is 3. The van der Waals surface area contributed by atoms with E-state index in [4.69, 9.17) is 21.5 Å². The zero-order valence-electron chi connectivity index (χ0n) is 12.6. The van der Waals surface area contributed by atoms with Crippen molar-refractivity contribution in [2.45, 2.75) is 38.8 Å². The molecule has 0 saturated carbocycles. The van der Waals surface area contributed by atoms with Gasteiger partial charge in [0.25, 0.3) is 0 Å². The molecule has 1 amide bonds. The molecule has 130 valence electrons. The summed E-state index contributed by atoms with van der Waals surface area (Å²) < 4.78 is 31.7. The predicted molar refractivity (Wildman–Crippen MR) is 81.4 cm³/mol. The summed E-state index contributed by atoms with van der Waals surface area (Å²) in [4.78, 5) is 20.2. The molecule has 2 N–H and O–H groups in total. The molecule has 0 saturated heterocycles. The van der Waals surface area contributed by atoms with Crippen LogP contribution in [0.5, 0.6) is 0 Å². The minimum atomic E-state index is -5.08. The van der Waals surface area contributed by atoms with Crippen molar-refractivity contribution in [3.8, 4) is 0 Å². The van der Waals surface area contributed by atoms with Gasteiger partial charge in [0.1, 0.15) is 0 Å². The van der Waals surface area contributed by atoms with E-state index in [1.807, 2.05) is 24.3 Å². The zero-order chi connectivity index (χ0) is 17.9. The van der Waals surface area contributed by atoms with E-state index in [1.54, 1.807) is 0 Å². The van der Waals surface area contributed by atoms with E-state index in [0.717, 1.165) is 29.8 Å². The topological polar surface area (TPSA) is 66.4 Å². The molecule has 0 spiro atoms. The van der Waals surface area contributed by atoms with Crippen LogP contribution in [0.25, 0.3) is 0 Å². The summed E-state index contributed by atoms with van der Waals surface area (Å²) in [5.41, 5.74) is 1.16. The van der Waals surface area contributed by atoms with Gasteiger partial charge in [0.15, 0.2) is 0 Å². The number of aliphatic carboxylic acids is 1. The Morgan fingerprint density at radius 2 is 1.91 bits per heavy atom. The summed E-state index contributed by atoms with van der Waals surface area (Å²) >= 11 is 5.87. The Bertz CT molecular complexity index is 507. The van der Waals surface area contributed by atoms with Gasteiger partial charge in [-0.3, -0.25) is 4.79 Å². The first-order valence-corrected chi connectivity index (χ1v) is 7.35. The van der Waals surface area contributed by atoms with Crippen LogP contribution in [-0.2, 0) is 16.0 Å². The minimum absolute atomic E-state index is 0.142. The number of halogens is 4. The summed E-state index contributed by atoms with van der Waals surface area (Å²) in [6.07, 6.45) is -1.60. The van der Waals surface area contributed by atoms with Gasteiger partial charge in [-0.1, -0.05) is 37.1 Å². The maximum atomic E-state index is 11.3. The highest BCUT2D eigenvalue weighted by Crippen LogP contribution is 2.13. The standard InChI is InChI=1S/C13H18ClNO.C2HF3O2/c1-2-3-7-13(16)15-9-8-11-5-4-6-12(14)10-11;3-2(4,5)1(6)7/h4-6,10H,2-3,7-9H2,1H3,(H,15,16);(H,6,7). The Balaban J connectivity index is 0.000000585. The van der Waals surface area contributed by atoms with E-state index >= 15 is 0 Å². The van der Waals surface area contributed by atoms with E-state index in [-0.39, 0.29) is 5.91 Å². The lowest BCUT2D eigenvalue weighted by Crippen LogP contribution is -2.25. The number of hydrogen-bond acceptors (Lipinski definition) is 2. The fourth-order valence-electron chi connectivity index (χ4n) is 1.46. The smallest absolute Gasteiger partial charge is 0.475 e. The lowest BCUT2D eigenvalue weighted by Gasteiger charge is -2.05. The van der Waals surface area contributed by atoms with Crippen molar-refractivity contribution in [2.24, 2.45) is 0 Å². The molecule has 0 aliphatic rings. The van der Waals surface area contributed by atoms with E-state index in [0.29, 0.717) is 13.0 Å². The van der Waals surface area contributed by atoms with Gasteiger partial charge in [-0.05, 0) is 30.5 Å². The molecule has 0 bridgehead atoms. The number of benzene rings is 1. The molecule has 0 aromatic heterocycles. The van der Waals surface area contributed by atoms with Crippen molar-refractivity contribution in [1.82, 2.24) is 5.32 Å². The summed E-state index contributed by atoms with van der Waals surface area (Å²) in [5, 5.41) is 10.8. The van der Waals surface area contributed by atoms with Crippen LogP contribution in [0.4, 0.5) is 13.2 Å². The monoisotopic (exact) mass is 353 g/mol. The van der Waals surface area contributed by atoms with E-state index in [1.165, 1.54) is 0 Å². The van der Waals surface area contributed by atoms with Gasteiger partial charge in [0.05, 0.1) is 0 Å². The lowest BCUT2D eigenvalue weighted by molar-refractivity contribution is -0.192. The number of carboxylic acid groups (broad SMARTS) is 1. The number of unbranched alkanes of at least 4 members (excludes halogenated alkanes) is 1. The van der Waals surface area contributed by atoms with Crippen molar-refractivity contribution in [3.63, 3.8) is 0 Å². The van der Waals surface area contributed by atoms with Crippen LogP contribution in [0.1, 0.15) is 31.7 Å². The molecule has 1 aromatic rings. The van der Waals surface area contributed by atoms with E-state index < -0.39 is 12.1 Å². The molecule has 0 unspecified atom stereocenters. The summed E-state index contributed by atoms with van der Waals surface area (Å²) in [7, 11) is 0. The molecule has 8 heteroatoms. The number of carboxylic acids is 1. The van der Waals surface area contributed by atoms with E-state index in [2.05, 4.69) is 12.2 Å². The van der Waals surface area contributed by atoms with Gasteiger partial charge in [-0.2, -0.15) is 13.2 Å². The molecule has 23 heavy (non-hydrogen) atoms. The average molecular weight is 354 g/mol. The third-order valence-electron chi connectivity index (χ3n) is 2.62. The number of nitrogens with one attached hydrogen (secondary N) is 1. The normalized spacial score (nSPS) is 10.5. The van der Waals surface area contributed by atoms with Crippen molar-refractivity contribution in [1.29, 1.82) is 0 Å². The molecule has 1 aromatic carbocycles. The van der Waals surface area contributed by atoms with Crippen molar-refractivity contribution in [3.05, 3.63) is 34.9 Å². The highest BCUT2D eigenvalue weighted by atomic mass is 35.5. The Kier molecular flexibility index (Phi) is 10.0. The molecule has 0 atom stereocenters. The molecule has 0 aliphatic heterocycles. The lowest BCUT2D eigenvalue weighted by atomic mass is 10.1. The summed E-state index contributed by atoms with van der Waals surface area (Å²) in [5.74, 6) is -2.61. The Morgan fingerprint density at radius 3 is 2.39 bits per heavy atom. The van der Waals surface area contributed by atoms with Crippen LogP contribution < -0.4 is 5.32 Å². The number of carbonyl (C=O) groups excluding carboxylic acids is 1. The quantitative estimate of drug-likeness (QED) is 0.817. The first-order chi connectivity index (χ1) is 10.7. The Morgan fingerprint density at radius 1 is 1.30 bits per heavy atom.